The second kappa shape index (κ2) is 5.51. The Labute approximate surface area is 134 Å². The number of aliphatic carboxylic acids is 1. The maximum Gasteiger partial charge on any atom is 0.323 e. The molecule has 2 heterocycles. The summed E-state index contributed by atoms with van der Waals surface area (Å²) in [4.78, 5) is 27.7. The number of aryl methyl sites for hydroxylation is 1. The van der Waals surface area contributed by atoms with Crippen LogP contribution in [0.5, 0.6) is 0 Å². The smallest absolute Gasteiger partial charge is 0.323 e. The molecule has 118 valence electrons. The van der Waals surface area contributed by atoms with Crippen molar-refractivity contribution < 1.29 is 14.3 Å². The largest absolute Gasteiger partial charge is 0.480 e. The van der Waals surface area contributed by atoms with Crippen molar-refractivity contribution in [3.05, 3.63) is 57.6 Å². The van der Waals surface area contributed by atoms with E-state index in [9.17, 15) is 14.0 Å². The summed E-state index contributed by atoms with van der Waals surface area (Å²) in [5.74, 6) is -1.15. The molecule has 23 heavy (non-hydrogen) atoms. The molecule has 3 rings (SSSR count). The number of carboxylic acids is 1. The highest BCUT2D eigenvalue weighted by molar-refractivity contribution is 6.31. The molecule has 0 fully saturated rings. The summed E-state index contributed by atoms with van der Waals surface area (Å²) >= 11 is 5.79. The third-order valence-corrected chi connectivity index (χ3v) is 3.73. The molecule has 0 aliphatic rings. The van der Waals surface area contributed by atoms with Gasteiger partial charge in [0.1, 0.15) is 29.4 Å². The predicted molar refractivity (Wildman–Crippen MR) is 82.2 cm³/mol. The number of carbonyl (C=O) groups is 1. The van der Waals surface area contributed by atoms with E-state index < -0.39 is 23.9 Å². The van der Waals surface area contributed by atoms with Crippen molar-refractivity contribution in [2.24, 2.45) is 0 Å². The van der Waals surface area contributed by atoms with E-state index in [-0.39, 0.29) is 10.5 Å². The van der Waals surface area contributed by atoms with E-state index in [4.69, 9.17) is 16.7 Å². The van der Waals surface area contributed by atoms with Crippen LogP contribution in [-0.4, -0.2) is 25.0 Å². The van der Waals surface area contributed by atoms with Gasteiger partial charge in [0.05, 0.1) is 5.02 Å². The first-order valence-corrected chi connectivity index (χ1v) is 7.01. The molecular formula is C15H11ClFN3O3. The van der Waals surface area contributed by atoms with E-state index in [1.54, 1.807) is 17.5 Å². The maximum absolute atomic E-state index is 13.3. The van der Waals surface area contributed by atoms with Gasteiger partial charge in [-0.2, -0.15) is 0 Å². The molecule has 0 atom stereocenters. The van der Waals surface area contributed by atoms with Gasteiger partial charge < -0.3 is 9.67 Å². The fourth-order valence-corrected chi connectivity index (χ4v) is 2.58. The highest BCUT2D eigenvalue weighted by atomic mass is 35.5. The fraction of sp³-hybridized carbons (Fsp3) is 0.133. The summed E-state index contributed by atoms with van der Waals surface area (Å²) < 4.78 is 16.0. The summed E-state index contributed by atoms with van der Waals surface area (Å²) in [6, 6.07) is 4.04. The van der Waals surface area contributed by atoms with Crippen molar-refractivity contribution in [1.82, 2.24) is 14.0 Å². The molecule has 0 bridgehead atoms. The molecule has 0 saturated carbocycles. The summed E-state index contributed by atoms with van der Waals surface area (Å²) in [6.07, 6.45) is 2.95. The SMILES string of the molecule is Cc1nc(-c2ccc(F)c(Cl)c2)c2c(=O)n(CC(=O)O)ccn12. The lowest BCUT2D eigenvalue weighted by Crippen LogP contribution is -2.25. The molecule has 3 aromatic rings. The van der Waals surface area contributed by atoms with E-state index in [1.165, 1.54) is 24.4 Å². The van der Waals surface area contributed by atoms with Crippen LogP contribution in [-0.2, 0) is 11.3 Å². The van der Waals surface area contributed by atoms with Gasteiger partial charge in [0.2, 0.25) is 0 Å². The van der Waals surface area contributed by atoms with Crippen LogP contribution in [0.3, 0.4) is 0 Å². The van der Waals surface area contributed by atoms with E-state index in [0.717, 1.165) is 4.57 Å². The second-order valence-electron chi connectivity index (χ2n) is 4.98. The van der Waals surface area contributed by atoms with Gasteiger partial charge >= 0.3 is 5.97 Å². The zero-order valence-electron chi connectivity index (χ0n) is 12.0. The van der Waals surface area contributed by atoms with Crippen LogP contribution in [0.1, 0.15) is 5.82 Å². The maximum atomic E-state index is 13.3. The number of carboxylic acid groups (broad SMARTS) is 1. The van der Waals surface area contributed by atoms with Crippen LogP contribution in [0.25, 0.3) is 16.8 Å². The highest BCUT2D eigenvalue weighted by Gasteiger charge is 2.17. The Morgan fingerprint density at radius 2 is 2.13 bits per heavy atom. The Balaban J connectivity index is 2.30. The molecule has 0 unspecified atom stereocenters. The lowest BCUT2D eigenvalue weighted by atomic mass is 10.1. The minimum Gasteiger partial charge on any atom is -0.480 e. The van der Waals surface area contributed by atoms with Gasteiger partial charge in [-0.25, -0.2) is 9.37 Å². The molecule has 1 N–H and O–H groups in total. The van der Waals surface area contributed by atoms with Gasteiger partial charge in [-0.05, 0) is 25.1 Å². The van der Waals surface area contributed by atoms with E-state index >= 15 is 0 Å². The van der Waals surface area contributed by atoms with Gasteiger partial charge in [-0.1, -0.05) is 11.6 Å². The first-order chi connectivity index (χ1) is 10.9. The standard InChI is InChI=1S/C15H11ClFN3O3/c1-8-18-13(9-2-3-11(17)10(16)6-9)14-15(23)19(7-12(21)22)4-5-20(8)14/h2-6H,7H2,1H3,(H,21,22). The highest BCUT2D eigenvalue weighted by Crippen LogP contribution is 2.26. The topological polar surface area (TPSA) is 76.6 Å². The molecule has 0 saturated heterocycles. The van der Waals surface area contributed by atoms with Crippen molar-refractivity contribution in [3.8, 4) is 11.3 Å². The number of aromatic nitrogens is 3. The Morgan fingerprint density at radius 1 is 1.39 bits per heavy atom. The molecule has 2 aromatic heterocycles. The van der Waals surface area contributed by atoms with E-state index in [2.05, 4.69) is 4.98 Å². The van der Waals surface area contributed by atoms with Crippen molar-refractivity contribution in [3.63, 3.8) is 0 Å². The average Bonchev–Trinajstić information content (AvgIpc) is 2.82. The number of fused-ring (bicyclic) bond motifs is 1. The fourth-order valence-electron chi connectivity index (χ4n) is 2.40. The molecule has 0 aliphatic carbocycles. The zero-order valence-corrected chi connectivity index (χ0v) is 12.7. The number of hydrogen-bond donors (Lipinski definition) is 1. The first-order valence-electron chi connectivity index (χ1n) is 6.64. The first kappa shape index (κ1) is 15.2. The molecule has 6 nitrogen and oxygen atoms in total. The van der Waals surface area contributed by atoms with Crippen molar-refractivity contribution >= 4 is 23.1 Å². The molecule has 8 heteroatoms. The molecule has 1 aromatic carbocycles. The number of hydrogen-bond acceptors (Lipinski definition) is 3. The van der Waals surface area contributed by atoms with E-state index in [1.807, 2.05) is 0 Å². The predicted octanol–water partition coefficient (Wildman–Crippen LogP) is 2.35. The Hall–Kier alpha value is -2.67. The Bertz CT molecular complexity index is 994. The number of rotatable bonds is 3. The summed E-state index contributed by atoms with van der Waals surface area (Å²) in [5.41, 5.74) is 0.529. The zero-order chi connectivity index (χ0) is 16.7. The number of halogens is 2. The van der Waals surface area contributed by atoms with Gasteiger partial charge in [-0.15, -0.1) is 0 Å². The van der Waals surface area contributed by atoms with Gasteiger partial charge in [-0.3, -0.25) is 14.0 Å². The van der Waals surface area contributed by atoms with Crippen LogP contribution < -0.4 is 5.56 Å². The van der Waals surface area contributed by atoms with Crippen LogP contribution in [0.15, 0.2) is 35.4 Å². The Morgan fingerprint density at radius 3 is 2.78 bits per heavy atom. The number of nitrogens with zero attached hydrogens (tertiary/aromatic N) is 3. The molecule has 0 radical (unpaired) electrons. The van der Waals surface area contributed by atoms with Gasteiger partial charge in [0, 0.05) is 18.0 Å². The van der Waals surface area contributed by atoms with Gasteiger partial charge in [0.15, 0.2) is 0 Å². The third kappa shape index (κ3) is 2.59. The molecular weight excluding hydrogens is 325 g/mol. The lowest BCUT2D eigenvalue weighted by Gasteiger charge is -2.05. The normalized spacial score (nSPS) is 11.1. The van der Waals surface area contributed by atoms with Crippen molar-refractivity contribution in [2.45, 2.75) is 13.5 Å². The monoisotopic (exact) mass is 335 g/mol. The van der Waals surface area contributed by atoms with Crippen LogP contribution in [0.2, 0.25) is 5.02 Å². The van der Waals surface area contributed by atoms with Crippen LogP contribution in [0.4, 0.5) is 4.39 Å². The molecule has 0 amide bonds. The summed E-state index contributed by atoms with van der Waals surface area (Å²) in [5, 5.41) is 8.80. The summed E-state index contributed by atoms with van der Waals surface area (Å²) in [6.45, 7) is 1.26. The van der Waals surface area contributed by atoms with Crippen LogP contribution >= 0.6 is 11.6 Å². The van der Waals surface area contributed by atoms with Crippen LogP contribution in [0, 0.1) is 12.7 Å². The Kier molecular flexibility index (Phi) is 3.65. The average molecular weight is 336 g/mol. The lowest BCUT2D eigenvalue weighted by molar-refractivity contribution is -0.137. The quantitative estimate of drug-likeness (QED) is 0.797. The third-order valence-electron chi connectivity index (χ3n) is 3.45. The summed E-state index contributed by atoms with van der Waals surface area (Å²) in [7, 11) is 0. The molecule has 0 spiro atoms. The molecule has 0 aliphatic heterocycles. The minimum absolute atomic E-state index is 0.0805. The second-order valence-corrected chi connectivity index (χ2v) is 5.39. The minimum atomic E-state index is -1.13. The van der Waals surface area contributed by atoms with Crippen molar-refractivity contribution in [2.75, 3.05) is 0 Å². The van der Waals surface area contributed by atoms with E-state index in [0.29, 0.717) is 17.1 Å². The number of imidazole rings is 1. The van der Waals surface area contributed by atoms with Crippen molar-refractivity contribution in [1.29, 1.82) is 0 Å². The number of benzene rings is 1. The van der Waals surface area contributed by atoms with Gasteiger partial charge in [0.25, 0.3) is 5.56 Å².